The van der Waals surface area contributed by atoms with E-state index in [4.69, 9.17) is 5.73 Å². The summed E-state index contributed by atoms with van der Waals surface area (Å²) in [6, 6.07) is 19.5. The largest absolute Gasteiger partial charge is 0.327 e. The molecule has 2 unspecified atom stereocenters. The van der Waals surface area contributed by atoms with E-state index in [1.807, 2.05) is 6.07 Å². The lowest BCUT2D eigenvalue weighted by Gasteiger charge is -2.22. The average molecular weight is 275 g/mol. The molecule has 1 nitrogen and oxygen atoms in total. The summed E-state index contributed by atoms with van der Waals surface area (Å²) >= 11 is 0. The minimum atomic E-state index is 0.303. The van der Waals surface area contributed by atoms with Gasteiger partial charge in [-0.25, -0.2) is 0 Å². The third kappa shape index (κ3) is 3.71. The predicted molar refractivity (Wildman–Crippen MR) is 90.9 cm³/mol. The summed E-state index contributed by atoms with van der Waals surface area (Å²) in [5.41, 5.74) is 9.85. The Hall–Kier alpha value is -2.12. The fourth-order valence-electron chi connectivity index (χ4n) is 2.78. The Morgan fingerprint density at radius 2 is 1.52 bits per heavy atom. The second-order valence-corrected chi connectivity index (χ2v) is 5.68. The molecule has 2 aromatic carbocycles. The van der Waals surface area contributed by atoms with Crippen LogP contribution in [0.1, 0.15) is 35.4 Å². The van der Waals surface area contributed by atoms with Crippen LogP contribution in [0.15, 0.2) is 66.7 Å². The molecule has 2 N–H and O–H groups in total. The molecule has 2 aromatic rings. The molecule has 1 aliphatic rings. The third-order valence-corrected chi connectivity index (χ3v) is 4.00. The molecule has 0 bridgehead atoms. The van der Waals surface area contributed by atoms with Crippen molar-refractivity contribution in [3.8, 4) is 0 Å². The van der Waals surface area contributed by atoms with Crippen LogP contribution >= 0.6 is 0 Å². The summed E-state index contributed by atoms with van der Waals surface area (Å²) in [5.74, 6) is 0.473. The molecule has 0 aromatic heterocycles. The van der Waals surface area contributed by atoms with Crippen molar-refractivity contribution < 1.29 is 0 Å². The van der Waals surface area contributed by atoms with Gasteiger partial charge in [0.05, 0.1) is 0 Å². The highest BCUT2D eigenvalue weighted by Crippen LogP contribution is 2.27. The highest BCUT2D eigenvalue weighted by atomic mass is 14.6. The molecule has 0 saturated carbocycles. The Balaban J connectivity index is 1.71. The van der Waals surface area contributed by atoms with Crippen molar-refractivity contribution in [2.24, 2.45) is 5.73 Å². The topological polar surface area (TPSA) is 26.0 Å². The van der Waals surface area contributed by atoms with E-state index in [1.54, 1.807) is 0 Å². The van der Waals surface area contributed by atoms with Crippen LogP contribution in [-0.4, -0.2) is 6.04 Å². The Kier molecular flexibility index (Phi) is 4.32. The maximum absolute atomic E-state index is 6.04. The number of benzene rings is 2. The van der Waals surface area contributed by atoms with E-state index in [0.717, 1.165) is 12.8 Å². The second kappa shape index (κ2) is 6.55. The smallest absolute Gasteiger partial charge is 0.00822 e. The number of hydrogen-bond acceptors (Lipinski definition) is 1. The van der Waals surface area contributed by atoms with Crippen molar-refractivity contribution >= 4 is 12.2 Å². The van der Waals surface area contributed by atoms with E-state index < -0.39 is 0 Å². The molecule has 0 heterocycles. The minimum absolute atomic E-state index is 0.303. The fourth-order valence-corrected chi connectivity index (χ4v) is 2.78. The summed E-state index contributed by atoms with van der Waals surface area (Å²) in [6.45, 7) is 0. The highest BCUT2D eigenvalue weighted by Gasteiger charge is 2.15. The van der Waals surface area contributed by atoms with Crippen LogP contribution in [-0.2, 0) is 0 Å². The van der Waals surface area contributed by atoms with Gasteiger partial charge in [-0.2, -0.15) is 0 Å². The van der Waals surface area contributed by atoms with Gasteiger partial charge in [0.15, 0.2) is 0 Å². The molecular formula is C20H21N. The lowest BCUT2D eigenvalue weighted by atomic mass is 9.86. The molecule has 0 amide bonds. The van der Waals surface area contributed by atoms with Crippen LogP contribution in [0, 0.1) is 0 Å². The van der Waals surface area contributed by atoms with Gasteiger partial charge < -0.3 is 5.73 Å². The Morgan fingerprint density at radius 1 is 0.857 bits per heavy atom. The number of hydrogen-bond donors (Lipinski definition) is 1. The molecule has 2 atom stereocenters. The van der Waals surface area contributed by atoms with Crippen molar-refractivity contribution in [3.63, 3.8) is 0 Å². The van der Waals surface area contributed by atoms with Crippen LogP contribution < -0.4 is 5.73 Å². The molecule has 0 spiro atoms. The van der Waals surface area contributed by atoms with Crippen LogP contribution in [0.5, 0.6) is 0 Å². The van der Waals surface area contributed by atoms with Gasteiger partial charge in [-0.05, 0) is 29.5 Å². The first kappa shape index (κ1) is 13.8. The van der Waals surface area contributed by atoms with Crippen LogP contribution in [0.25, 0.3) is 12.2 Å². The number of nitrogens with two attached hydrogens (primary N) is 1. The molecule has 3 rings (SSSR count). The summed E-state index contributed by atoms with van der Waals surface area (Å²) in [5, 5.41) is 0. The quantitative estimate of drug-likeness (QED) is 0.642. The van der Waals surface area contributed by atoms with Gasteiger partial charge in [0, 0.05) is 12.0 Å². The Morgan fingerprint density at radius 3 is 2.19 bits per heavy atom. The summed E-state index contributed by atoms with van der Waals surface area (Å²) in [6.07, 6.45) is 10.9. The van der Waals surface area contributed by atoms with Gasteiger partial charge in [0.2, 0.25) is 0 Å². The van der Waals surface area contributed by atoms with Crippen molar-refractivity contribution in [1.29, 1.82) is 0 Å². The van der Waals surface area contributed by atoms with E-state index in [2.05, 4.69) is 72.8 Å². The van der Waals surface area contributed by atoms with Gasteiger partial charge in [-0.1, -0.05) is 78.9 Å². The first-order valence-electron chi connectivity index (χ1n) is 7.56. The number of rotatable bonds is 3. The summed E-state index contributed by atoms with van der Waals surface area (Å²) in [7, 11) is 0. The zero-order chi connectivity index (χ0) is 14.5. The zero-order valence-corrected chi connectivity index (χ0v) is 12.2. The van der Waals surface area contributed by atoms with Gasteiger partial charge in [0.25, 0.3) is 0 Å². The average Bonchev–Trinajstić information content (AvgIpc) is 2.54. The van der Waals surface area contributed by atoms with Crippen LogP contribution in [0.4, 0.5) is 0 Å². The van der Waals surface area contributed by atoms with E-state index in [0.29, 0.717) is 12.0 Å². The van der Waals surface area contributed by atoms with Gasteiger partial charge >= 0.3 is 0 Å². The summed E-state index contributed by atoms with van der Waals surface area (Å²) < 4.78 is 0. The van der Waals surface area contributed by atoms with Gasteiger partial charge in [0.1, 0.15) is 0 Å². The van der Waals surface area contributed by atoms with Crippen molar-refractivity contribution in [2.75, 3.05) is 0 Å². The minimum Gasteiger partial charge on any atom is -0.327 e. The second-order valence-electron chi connectivity index (χ2n) is 5.68. The number of allylic oxidation sites excluding steroid dienone is 1. The Bertz CT molecular complexity index is 623. The normalized spacial score (nSPS) is 21.8. The molecule has 0 radical (unpaired) electrons. The van der Waals surface area contributed by atoms with Gasteiger partial charge in [-0.3, -0.25) is 0 Å². The van der Waals surface area contributed by atoms with Crippen molar-refractivity contribution in [1.82, 2.24) is 0 Å². The molecule has 0 fully saturated rings. The third-order valence-electron chi connectivity index (χ3n) is 4.00. The lowest BCUT2D eigenvalue weighted by molar-refractivity contribution is 0.559. The fraction of sp³-hybridized carbons (Fsp3) is 0.200. The monoisotopic (exact) mass is 275 g/mol. The highest BCUT2D eigenvalue weighted by molar-refractivity contribution is 5.69. The molecular weight excluding hydrogens is 254 g/mol. The standard InChI is InChI=1S/C20H21N/c21-20-8-4-7-19(15-20)18-13-11-17(12-14-18)10-9-16-5-2-1-3-6-16/h1-7,9-14,19-20H,8,15,21H2. The summed E-state index contributed by atoms with van der Waals surface area (Å²) in [4.78, 5) is 0. The van der Waals surface area contributed by atoms with Crippen molar-refractivity contribution in [2.45, 2.75) is 24.8 Å². The van der Waals surface area contributed by atoms with E-state index >= 15 is 0 Å². The van der Waals surface area contributed by atoms with Crippen molar-refractivity contribution in [3.05, 3.63) is 83.4 Å². The van der Waals surface area contributed by atoms with Gasteiger partial charge in [-0.15, -0.1) is 0 Å². The first-order chi connectivity index (χ1) is 10.3. The molecule has 0 saturated heterocycles. The van der Waals surface area contributed by atoms with Crippen LogP contribution in [0.3, 0.4) is 0 Å². The van der Waals surface area contributed by atoms with E-state index in [1.165, 1.54) is 16.7 Å². The van der Waals surface area contributed by atoms with E-state index in [9.17, 15) is 0 Å². The Labute approximate surface area is 126 Å². The molecule has 106 valence electrons. The zero-order valence-electron chi connectivity index (χ0n) is 12.2. The molecule has 1 heteroatoms. The SMILES string of the molecule is NC1CC=CC(c2ccc(C=Cc3ccccc3)cc2)C1. The molecule has 21 heavy (non-hydrogen) atoms. The molecule has 0 aliphatic heterocycles. The maximum Gasteiger partial charge on any atom is 0.00822 e. The maximum atomic E-state index is 6.04. The van der Waals surface area contributed by atoms with Crippen LogP contribution in [0.2, 0.25) is 0 Å². The lowest BCUT2D eigenvalue weighted by Crippen LogP contribution is -2.24. The molecule has 1 aliphatic carbocycles. The van der Waals surface area contributed by atoms with E-state index in [-0.39, 0.29) is 0 Å². The first-order valence-corrected chi connectivity index (χ1v) is 7.56. The predicted octanol–water partition coefficient (Wildman–Crippen LogP) is 4.62.